The maximum atomic E-state index is 12.7. The summed E-state index contributed by atoms with van der Waals surface area (Å²) < 4.78 is 5.96. The van der Waals surface area contributed by atoms with Gasteiger partial charge in [0.15, 0.2) is 4.32 Å². The van der Waals surface area contributed by atoms with Crippen LogP contribution >= 0.6 is 39.9 Å². The Morgan fingerprint density at radius 3 is 2.52 bits per heavy atom. The van der Waals surface area contributed by atoms with E-state index in [1.807, 2.05) is 12.1 Å². The smallest absolute Gasteiger partial charge is 0.273 e. The average molecular weight is 434 g/mol. The van der Waals surface area contributed by atoms with Gasteiger partial charge in [-0.15, -0.1) is 0 Å². The van der Waals surface area contributed by atoms with Crippen LogP contribution in [0.3, 0.4) is 0 Å². The first-order valence-corrected chi connectivity index (χ1v) is 9.24. The average Bonchev–Trinajstić information content (AvgIpc) is 2.89. The van der Waals surface area contributed by atoms with Gasteiger partial charge < -0.3 is 4.74 Å². The quantitative estimate of drug-likeness (QED) is 0.405. The first-order chi connectivity index (χ1) is 12.0. The van der Waals surface area contributed by atoms with Crippen molar-refractivity contribution in [3.05, 3.63) is 69.0 Å². The Morgan fingerprint density at radius 2 is 1.88 bits per heavy atom. The summed E-state index contributed by atoms with van der Waals surface area (Å²) in [7, 11) is 1.59. The molecular weight excluding hydrogens is 422 g/mol. The lowest BCUT2D eigenvalue weighted by Gasteiger charge is -2.13. The van der Waals surface area contributed by atoms with Gasteiger partial charge in [-0.3, -0.25) is 9.59 Å². The predicted octanol–water partition coefficient (Wildman–Crippen LogP) is 4.50. The van der Waals surface area contributed by atoms with Crippen LogP contribution in [0.25, 0.3) is 6.08 Å². The summed E-state index contributed by atoms with van der Waals surface area (Å²) >= 11 is 9.69. The first kappa shape index (κ1) is 17.8. The molecule has 0 atom stereocenters. The van der Waals surface area contributed by atoms with Crippen molar-refractivity contribution < 1.29 is 14.3 Å². The number of benzene rings is 2. The molecule has 126 valence electrons. The standard InChI is InChI=1S/C18H12BrNO3S2/c1-23-12-8-6-11(7-9-12)10-15-17(22)20(18(24)25-15)16(21)13-4-2-3-5-14(13)19/h2-10H,1H3/b15-10+. The van der Waals surface area contributed by atoms with E-state index in [2.05, 4.69) is 15.9 Å². The van der Waals surface area contributed by atoms with E-state index in [0.717, 1.165) is 28.0 Å². The fourth-order valence-electron chi connectivity index (χ4n) is 2.25. The highest BCUT2D eigenvalue weighted by atomic mass is 79.9. The molecule has 1 aliphatic heterocycles. The third kappa shape index (κ3) is 3.68. The molecule has 1 heterocycles. The van der Waals surface area contributed by atoms with E-state index in [4.69, 9.17) is 17.0 Å². The molecule has 1 aliphatic rings. The number of methoxy groups -OCH3 is 1. The zero-order valence-electron chi connectivity index (χ0n) is 13.1. The lowest BCUT2D eigenvalue weighted by molar-refractivity contribution is -0.120. The van der Waals surface area contributed by atoms with Crippen molar-refractivity contribution in [3.8, 4) is 5.75 Å². The Hall–Kier alpha value is -1.96. The summed E-state index contributed by atoms with van der Waals surface area (Å²) in [6.07, 6.45) is 1.71. The number of amides is 2. The van der Waals surface area contributed by atoms with Crippen LogP contribution in [-0.2, 0) is 4.79 Å². The van der Waals surface area contributed by atoms with Gasteiger partial charge in [-0.05, 0) is 51.8 Å². The van der Waals surface area contributed by atoms with Crippen LogP contribution in [-0.4, -0.2) is 28.1 Å². The number of hydrogen-bond donors (Lipinski definition) is 0. The van der Waals surface area contributed by atoms with Gasteiger partial charge in [0.25, 0.3) is 11.8 Å². The van der Waals surface area contributed by atoms with Gasteiger partial charge in [-0.1, -0.05) is 48.2 Å². The van der Waals surface area contributed by atoms with Crippen molar-refractivity contribution in [3.63, 3.8) is 0 Å². The van der Waals surface area contributed by atoms with Crippen molar-refractivity contribution >= 4 is 62.1 Å². The molecule has 2 aromatic carbocycles. The number of rotatable bonds is 3. The first-order valence-electron chi connectivity index (χ1n) is 7.22. The molecule has 1 saturated heterocycles. The molecule has 0 spiro atoms. The molecule has 25 heavy (non-hydrogen) atoms. The number of halogens is 1. The Labute approximate surface area is 163 Å². The summed E-state index contributed by atoms with van der Waals surface area (Å²) in [5.41, 5.74) is 1.22. The summed E-state index contributed by atoms with van der Waals surface area (Å²) in [5, 5.41) is 0. The van der Waals surface area contributed by atoms with Gasteiger partial charge in [-0.25, -0.2) is 4.90 Å². The summed E-state index contributed by atoms with van der Waals surface area (Å²) in [4.78, 5) is 26.8. The lowest BCUT2D eigenvalue weighted by atomic mass is 10.2. The monoisotopic (exact) mass is 433 g/mol. The molecule has 0 aromatic heterocycles. The van der Waals surface area contributed by atoms with E-state index < -0.39 is 11.8 Å². The van der Waals surface area contributed by atoms with E-state index in [1.165, 1.54) is 0 Å². The highest BCUT2D eigenvalue weighted by Gasteiger charge is 2.37. The Kier molecular flexibility index (Phi) is 5.36. The SMILES string of the molecule is COc1ccc(/C=C2/SC(=S)N(C(=O)c3ccccc3Br)C2=O)cc1. The molecule has 0 unspecified atom stereocenters. The van der Waals surface area contributed by atoms with Crippen molar-refractivity contribution in [2.24, 2.45) is 0 Å². The second-order valence-electron chi connectivity index (χ2n) is 5.08. The molecule has 0 radical (unpaired) electrons. The number of hydrogen-bond acceptors (Lipinski definition) is 5. The summed E-state index contributed by atoms with van der Waals surface area (Å²) in [5.74, 6) is -0.117. The van der Waals surface area contributed by atoms with Gasteiger partial charge >= 0.3 is 0 Å². The van der Waals surface area contributed by atoms with E-state index in [9.17, 15) is 9.59 Å². The summed E-state index contributed by atoms with van der Waals surface area (Å²) in [6.45, 7) is 0. The van der Waals surface area contributed by atoms with Crippen LogP contribution in [0.5, 0.6) is 5.75 Å². The maximum Gasteiger partial charge on any atom is 0.273 e. The third-order valence-corrected chi connectivity index (χ3v) is 5.51. The minimum atomic E-state index is -0.437. The van der Waals surface area contributed by atoms with E-state index in [0.29, 0.717) is 14.9 Å². The van der Waals surface area contributed by atoms with Crippen molar-refractivity contribution in [1.29, 1.82) is 0 Å². The fourth-order valence-corrected chi connectivity index (χ4v) is 3.96. The van der Waals surface area contributed by atoms with Crippen molar-refractivity contribution in [1.82, 2.24) is 4.90 Å². The van der Waals surface area contributed by atoms with Crippen molar-refractivity contribution in [2.45, 2.75) is 0 Å². The van der Waals surface area contributed by atoms with Gasteiger partial charge in [-0.2, -0.15) is 0 Å². The molecule has 0 aliphatic carbocycles. The molecule has 0 saturated carbocycles. The van der Waals surface area contributed by atoms with Gasteiger partial charge in [0.2, 0.25) is 0 Å². The minimum absolute atomic E-state index is 0.227. The highest BCUT2D eigenvalue weighted by molar-refractivity contribution is 9.10. The van der Waals surface area contributed by atoms with Crippen LogP contribution < -0.4 is 4.74 Å². The summed E-state index contributed by atoms with van der Waals surface area (Å²) in [6, 6.07) is 14.2. The van der Waals surface area contributed by atoms with Crippen LogP contribution in [0.15, 0.2) is 57.9 Å². The van der Waals surface area contributed by atoms with Gasteiger partial charge in [0.05, 0.1) is 17.6 Å². The number of ether oxygens (including phenoxy) is 1. The zero-order valence-corrected chi connectivity index (χ0v) is 16.3. The second-order valence-corrected chi connectivity index (χ2v) is 7.61. The molecule has 4 nitrogen and oxygen atoms in total. The van der Waals surface area contributed by atoms with Crippen LogP contribution in [0.1, 0.15) is 15.9 Å². The van der Waals surface area contributed by atoms with E-state index >= 15 is 0 Å². The van der Waals surface area contributed by atoms with E-state index in [1.54, 1.807) is 49.6 Å². The lowest BCUT2D eigenvalue weighted by Crippen LogP contribution is -2.34. The number of thioether (sulfide) groups is 1. The number of imide groups is 1. The molecule has 0 N–H and O–H groups in total. The van der Waals surface area contributed by atoms with E-state index in [-0.39, 0.29) is 4.32 Å². The second kappa shape index (κ2) is 7.51. The topological polar surface area (TPSA) is 46.6 Å². The molecule has 1 fully saturated rings. The molecule has 0 bridgehead atoms. The van der Waals surface area contributed by atoms with Gasteiger partial charge in [0.1, 0.15) is 5.75 Å². The van der Waals surface area contributed by atoms with Crippen LogP contribution in [0.2, 0.25) is 0 Å². The molecule has 3 rings (SSSR count). The molecule has 2 aromatic rings. The normalized spacial score (nSPS) is 15.8. The number of carbonyl (C=O) groups is 2. The molecule has 7 heteroatoms. The van der Waals surface area contributed by atoms with Crippen LogP contribution in [0.4, 0.5) is 0 Å². The number of nitrogens with zero attached hydrogens (tertiary/aromatic N) is 1. The maximum absolute atomic E-state index is 12.7. The van der Waals surface area contributed by atoms with Crippen LogP contribution in [0, 0.1) is 0 Å². The third-order valence-electron chi connectivity index (χ3n) is 3.51. The Balaban J connectivity index is 1.88. The predicted molar refractivity (Wildman–Crippen MR) is 106 cm³/mol. The zero-order chi connectivity index (χ0) is 18.0. The molecule has 2 amide bonds. The van der Waals surface area contributed by atoms with Crippen molar-refractivity contribution in [2.75, 3.05) is 7.11 Å². The number of carbonyl (C=O) groups excluding carboxylic acids is 2. The Morgan fingerprint density at radius 1 is 1.20 bits per heavy atom. The van der Waals surface area contributed by atoms with Gasteiger partial charge in [0, 0.05) is 4.47 Å². The number of thiocarbonyl (C=S) groups is 1. The molecular formula is C18H12BrNO3S2. The highest BCUT2D eigenvalue weighted by Crippen LogP contribution is 2.34. The Bertz CT molecular complexity index is 893. The fraction of sp³-hybridized carbons (Fsp3) is 0.0556. The largest absolute Gasteiger partial charge is 0.497 e. The minimum Gasteiger partial charge on any atom is -0.497 e.